The third kappa shape index (κ3) is 4.15. The molecule has 0 saturated heterocycles. The monoisotopic (exact) mass is 352 g/mol. The van der Waals surface area contributed by atoms with Crippen molar-refractivity contribution >= 4 is 21.6 Å². The lowest BCUT2D eigenvalue weighted by Crippen LogP contribution is -2.25. The molecule has 0 aromatic heterocycles. The first-order chi connectivity index (χ1) is 11.4. The van der Waals surface area contributed by atoms with Gasteiger partial charge in [-0.2, -0.15) is 0 Å². The van der Waals surface area contributed by atoms with E-state index >= 15 is 0 Å². The van der Waals surface area contributed by atoms with Gasteiger partial charge in [0.2, 0.25) is 15.9 Å². The molecule has 1 N–H and O–H groups in total. The zero-order valence-corrected chi connectivity index (χ0v) is 15.1. The Kier molecular flexibility index (Phi) is 6.01. The van der Waals surface area contributed by atoms with Gasteiger partial charge in [0.05, 0.1) is 6.61 Å². The SMILES string of the molecule is CCOc1ccc(NC(=O)C2CC=CCC2)cc1S(=O)(=O)N(C)C. The van der Waals surface area contributed by atoms with E-state index in [2.05, 4.69) is 11.4 Å². The van der Waals surface area contributed by atoms with Crippen molar-refractivity contribution in [2.45, 2.75) is 31.1 Å². The molecule has 24 heavy (non-hydrogen) atoms. The van der Waals surface area contributed by atoms with Gasteiger partial charge in [0.1, 0.15) is 10.6 Å². The van der Waals surface area contributed by atoms with Crippen molar-refractivity contribution in [1.29, 1.82) is 0 Å². The minimum atomic E-state index is -3.67. The molecule has 0 bridgehead atoms. The molecule has 0 aliphatic heterocycles. The molecule has 0 heterocycles. The van der Waals surface area contributed by atoms with E-state index in [1.165, 1.54) is 20.2 Å². The summed E-state index contributed by atoms with van der Waals surface area (Å²) in [7, 11) is -0.741. The molecule has 1 unspecified atom stereocenters. The summed E-state index contributed by atoms with van der Waals surface area (Å²) in [6, 6.07) is 4.70. The topological polar surface area (TPSA) is 75.7 Å². The van der Waals surface area contributed by atoms with Crippen molar-refractivity contribution in [3.8, 4) is 5.75 Å². The first-order valence-corrected chi connectivity index (χ1v) is 9.45. The fourth-order valence-electron chi connectivity index (χ4n) is 2.53. The van der Waals surface area contributed by atoms with Crippen LogP contribution in [0.2, 0.25) is 0 Å². The molecule has 6 nitrogen and oxygen atoms in total. The van der Waals surface area contributed by atoms with Gasteiger partial charge in [0.15, 0.2) is 0 Å². The molecule has 0 spiro atoms. The van der Waals surface area contributed by atoms with Crippen molar-refractivity contribution in [2.24, 2.45) is 5.92 Å². The van der Waals surface area contributed by atoms with Crippen LogP contribution in [0.15, 0.2) is 35.2 Å². The van der Waals surface area contributed by atoms with E-state index in [4.69, 9.17) is 4.74 Å². The van der Waals surface area contributed by atoms with Crippen LogP contribution in [0, 0.1) is 5.92 Å². The number of rotatable bonds is 6. The van der Waals surface area contributed by atoms with Crippen LogP contribution in [0.1, 0.15) is 26.2 Å². The number of anilines is 1. The first kappa shape index (κ1) is 18.5. The van der Waals surface area contributed by atoms with Crippen LogP contribution < -0.4 is 10.1 Å². The lowest BCUT2D eigenvalue weighted by Gasteiger charge is -2.19. The summed E-state index contributed by atoms with van der Waals surface area (Å²) in [6.45, 7) is 2.15. The second-order valence-corrected chi connectivity index (χ2v) is 7.97. The number of hydrogen-bond acceptors (Lipinski definition) is 4. The van der Waals surface area contributed by atoms with Gasteiger partial charge in [-0.3, -0.25) is 4.79 Å². The Labute approximate surface area is 143 Å². The predicted molar refractivity (Wildman–Crippen MR) is 93.6 cm³/mol. The van der Waals surface area contributed by atoms with E-state index < -0.39 is 10.0 Å². The predicted octanol–water partition coefficient (Wildman–Crippen LogP) is 2.63. The van der Waals surface area contributed by atoms with Gasteiger partial charge in [-0.05, 0) is 44.4 Å². The molecular formula is C17H24N2O4S. The summed E-state index contributed by atoms with van der Waals surface area (Å²) in [5, 5.41) is 2.82. The average molecular weight is 352 g/mol. The van der Waals surface area contributed by atoms with Crippen LogP contribution in [0.3, 0.4) is 0 Å². The summed E-state index contributed by atoms with van der Waals surface area (Å²) < 4.78 is 31.5. The van der Waals surface area contributed by atoms with Crippen LogP contribution in [-0.4, -0.2) is 39.3 Å². The van der Waals surface area contributed by atoms with Crippen molar-refractivity contribution in [3.05, 3.63) is 30.4 Å². The van der Waals surface area contributed by atoms with E-state index in [0.29, 0.717) is 18.7 Å². The maximum atomic E-state index is 12.5. The van der Waals surface area contributed by atoms with E-state index in [1.54, 1.807) is 19.1 Å². The van der Waals surface area contributed by atoms with Crippen LogP contribution in [0.4, 0.5) is 5.69 Å². The maximum Gasteiger partial charge on any atom is 0.246 e. The zero-order valence-electron chi connectivity index (χ0n) is 14.3. The molecule has 0 fully saturated rings. The fourth-order valence-corrected chi connectivity index (χ4v) is 3.59. The Bertz CT molecular complexity index is 726. The van der Waals surface area contributed by atoms with Crippen LogP contribution >= 0.6 is 0 Å². The molecule has 2 rings (SSSR count). The highest BCUT2D eigenvalue weighted by atomic mass is 32.2. The van der Waals surface area contributed by atoms with Gasteiger partial charge in [0, 0.05) is 25.7 Å². The van der Waals surface area contributed by atoms with Gasteiger partial charge in [0.25, 0.3) is 0 Å². The molecule has 1 aromatic carbocycles. The standard InChI is InChI=1S/C17H24N2O4S/c1-4-23-15-11-10-14(12-16(15)24(21,22)19(2)3)18-17(20)13-8-6-5-7-9-13/h5-6,10-13H,4,7-9H2,1-3H3,(H,18,20). The molecule has 1 atom stereocenters. The molecule has 1 amide bonds. The number of allylic oxidation sites excluding steroid dienone is 2. The Morgan fingerprint density at radius 2 is 2.08 bits per heavy atom. The quantitative estimate of drug-likeness (QED) is 0.799. The number of benzene rings is 1. The number of carbonyl (C=O) groups excluding carboxylic acids is 1. The lowest BCUT2D eigenvalue weighted by molar-refractivity contribution is -0.120. The van der Waals surface area contributed by atoms with E-state index in [-0.39, 0.29) is 22.5 Å². The third-order valence-electron chi connectivity index (χ3n) is 3.91. The number of carbonyl (C=O) groups is 1. The number of hydrogen-bond donors (Lipinski definition) is 1. The van der Waals surface area contributed by atoms with Gasteiger partial charge in [-0.25, -0.2) is 12.7 Å². The zero-order chi connectivity index (χ0) is 17.7. The largest absolute Gasteiger partial charge is 0.492 e. The summed E-state index contributed by atoms with van der Waals surface area (Å²) >= 11 is 0. The third-order valence-corrected chi connectivity index (χ3v) is 5.75. The molecular weight excluding hydrogens is 328 g/mol. The second kappa shape index (κ2) is 7.81. The first-order valence-electron chi connectivity index (χ1n) is 8.01. The lowest BCUT2D eigenvalue weighted by atomic mass is 9.93. The average Bonchev–Trinajstić information content (AvgIpc) is 2.57. The second-order valence-electron chi connectivity index (χ2n) is 5.85. The number of sulfonamides is 1. The summed E-state index contributed by atoms with van der Waals surface area (Å²) in [5.41, 5.74) is 0.457. The molecule has 0 radical (unpaired) electrons. The van der Waals surface area contributed by atoms with Gasteiger partial charge in [-0.15, -0.1) is 0 Å². The Morgan fingerprint density at radius 1 is 1.33 bits per heavy atom. The summed E-state index contributed by atoms with van der Waals surface area (Å²) in [5.74, 6) is 0.122. The normalized spacial score (nSPS) is 17.8. The number of amides is 1. The van der Waals surface area contributed by atoms with Gasteiger partial charge in [-0.1, -0.05) is 12.2 Å². The smallest absolute Gasteiger partial charge is 0.246 e. The van der Waals surface area contributed by atoms with Crippen molar-refractivity contribution in [3.63, 3.8) is 0 Å². The van der Waals surface area contributed by atoms with E-state index in [0.717, 1.165) is 17.1 Å². The minimum absolute atomic E-state index is 0.0516. The highest BCUT2D eigenvalue weighted by Crippen LogP contribution is 2.30. The van der Waals surface area contributed by atoms with Crippen molar-refractivity contribution in [1.82, 2.24) is 4.31 Å². The summed E-state index contributed by atoms with van der Waals surface area (Å²) in [6.07, 6.45) is 6.49. The molecule has 132 valence electrons. The Hall–Kier alpha value is -1.86. The van der Waals surface area contributed by atoms with Crippen molar-refractivity contribution < 1.29 is 17.9 Å². The highest BCUT2D eigenvalue weighted by molar-refractivity contribution is 7.89. The number of nitrogens with zero attached hydrogens (tertiary/aromatic N) is 1. The molecule has 0 saturated carbocycles. The van der Waals surface area contributed by atoms with Crippen LogP contribution in [-0.2, 0) is 14.8 Å². The van der Waals surface area contributed by atoms with Crippen LogP contribution in [0.5, 0.6) is 5.75 Å². The number of nitrogens with one attached hydrogen (secondary N) is 1. The molecule has 1 aliphatic rings. The minimum Gasteiger partial charge on any atom is -0.492 e. The number of ether oxygens (including phenoxy) is 1. The van der Waals surface area contributed by atoms with E-state index in [9.17, 15) is 13.2 Å². The summed E-state index contributed by atoms with van der Waals surface area (Å²) in [4.78, 5) is 12.4. The molecule has 1 aliphatic carbocycles. The highest BCUT2D eigenvalue weighted by Gasteiger charge is 2.24. The van der Waals surface area contributed by atoms with Gasteiger partial charge >= 0.3 is 0 Å². The Balaban J connectivity index is 2.29. The Morgan fingerprint density at radius 3 is 2.67 bits per heavy atom. The molecule has 7 heteroatoms. The molecule has 1 aromatic rings. The van der Waals surface area contributed by atoms with Crippen molar-refractivity contribution in [2.75, 3.05) is 26.0 Å². The van der Waals surface area contributed by atoms with Gasteiger partial charge < -0.3 is 10.1 Å². The van der Waals surface area contributed by atoms with Crippen LogP contribution in [0.25, 0.3) is 0 Å². The van der Waals surface area contributed by atoms with E-state index in [1.807, 2.05) is 6.08 Å². The maximum absolute atomic E-state index is 12.5. The fraction of sp³-hybridized carbons (Fsp3) is 0.471.